The minimum Gasteiger partial charge on any atom is -0.339 e. The van der Waals surface area contributed by atoms with Crippen molar-refractivity contribution in [3.63, 3.8) is 0 Å². The van der Waals surface area contributed by atoms with Gasteiger partial charge in [0.1, 0.15) is 0 Å². The quantitative estimate of drug-likeness (QED) is 0.790. The lowest BCUT2D eigenvalue weighted by atomic mass is 10.0. The summed E-state index contributed by atoms with van der Waals surface area (Å²) in [5, 5.41) is 2.97. The van der Waals surface area contributed by atoms with Crippen LogP contribution in [0.5, 0.6) is 0 Å². The van der Waals surface area contributed by atoms with E-state index in [9.17, 15) is 9.59 Å². The van der Waals surface area contributed by atoms with Crippen LogP contribution in [0.4, 0.5) is 10.5 Å². The van der Waals surface area contributed by atoms with Crippen LogP contribution >= 0.6 is 15.9 Å². The molecule has 0 saturated carbocycles. The number of piperazine rings is 1. The van der Waals surface area contributed by atoms with Gasteiger partial charge in [-0.1, -0.05) is 6.07 Å². The van der Waals surface area contributed by atoms with E-state index in [0.717, 1.165) is 48.2 Å². The number of amides is 3. The monoisotopic (exact) mass is 436 g/mol. The molecule has 1 aromatic rings. The lowest BCUT2D eigenvalue weighted by Gasteiger charge is -2.38. The molecule has 148 valence electrons. The van der Waals surface area contributed by atoms with Crippen molar-refractivity contribution in [3.8, 4) is 0 Å². The summed E-state index contributed by atoms with van der Waals surface area (Å²) in [6.07, 6.45) is 3.43. The maximum absolute atomic E-state index is 12.6. The van der Waals surface area contributed by atoms with Gasteiger partial charge in [0, 0.05) is 43.2 Å². The maximum Gasteiger partial charge on any atom is 0.321 e. The first-order chi connectivity index (χ1) is 12.9. The van der Waals surface area contributed by atoms with Gasteiger partial charge in [-0.15, -0.1) is 0 Å². The number of rotatable bonds is 3. The van der Waals surface area contributed by atoms with E-state index in [1.165, 1.54) is 6.42 Å². The average Bonchev–Trinajstić information content (AvgIpc) is 2.65. The highest BCUT2D eigenvalue weighted by Crippen LogP contribution is 2.24. The van der Waals surface area contributed by atoms with Crippen molar-refractivity contribution >= 4 is 33.6 Å². The van der Waals surface area contributed by atoms with Crippen LogP contribution < -0.4 is 5.32 Å². The zero-order valence-electron chi connectivity index (χ0n) is 16.2. The van der Waals surface area contributed by atoms with E-state index in [1.807, 2.05) is 34.9 Å². The first-order valence-corrected chi connectivity index (χ1v) is 10.6. The molecule has 0 spiro atoms. The van der Waals surface area contributed by atoms with Crippen molar-refractivity contribution in [2.45, 2.75) is 39.2 Å². The summed E-state index contributed by atoms with van der Waals surface area (Å²) in [4.78, 5) is 31.1. The lowest BCUT2D eigenvalue weighted by Crippen LogP contribution is -2.53. The van der Waals surface area contributed by atoms with Gasteiger partial charge < -0.3 is 15.1 Å². The summed E-state index contributed by atoms with van der Waals surface area (Å²) in [6.45, 7) is 8.24. The van der Waals surface area contributed by atoms with Crippen LogP contribution in [0.15, 0.2) is 22.7 Å². The van der Waals surface area contributed by atoms with Gasteiger partial charge in [-0.3, -0.25) is 9.69 Å². The zero-order valence-corrected chi connectivity index (χ0v) is 17.8. The van der Waals surface area contributed by atoms with E-state index in [1.54, 1.807) is 0 Å². The van der Waals surface area contributed by atoms with Crippen LogP contribution in [0.25, 0.3) is 0 Å². The van der Waals surface area contributed by atoms with Crippen molar-refractivity contribution in [2.75, 3.05) is 44.6 Å². The van der Waals surface area contributed by atoms with Gasteiger partial charge >= 0.3 is 6.03 Å². The Morgan fingerprint density at radius 3 is 2.56 bits per heavy atom. The van der Waals surface area contributed by atoms with Crippen LogP contribution in [0, 0.1) is 6.92 Å². The third kappa shape index (κ3) is 5.23. The smallest absolute Gasteiger partial charge is 0.321 e. The van der Waals surface area contributed by atoms with Crippen LogP contribution in [0.3, 0.4) is 0 Å². The molecule has 27 heavy (non-hydrogen) atoms. The number of nitrogens with zero attached hydrogens (tertiary/aromatic N) is 3. The Balaban J connectivity index is 1.46. The standard InChI is InChI=1S/C20H29BrN4O2/c1-15-6-7-18(17(21)13-15)22-20(27)24-11-9-23(10-12-24)14-19(26)25-8-4-3-5-16(25)2/h6-7,13,16H,3-5,8-12,14H2,1-2H3,(H,22,27). The molecule has 6 nitrogen and oxygen atoms in total. The van der Waals surface area contributed by atoms with Gasteiger partial charge in [-0.25, -0.2) is 4.79 Å². The first kappa shape index (κ1) is 20.1. The van der Waals surface area contributed by atoms with Crippen LogP contribution in [0.1, 0.15) is 31.7 Å². The third-order valence-electron chi connectivity index (χ3n) is 5.51. The number of nitrogens with one attached hydrogen (secondary N) is 1. The molecule has 0 aromatic heterocycles. The third-order valence-corrected chi connectivity index (χ3v) is 6.16. The Hall–Kier alpha value is -1.60. The average molecular weight is 437 g/mol. The highest BCUT2D eigenvalue weighted by atomic mass is 79.9. The number of carbonyl (C=O) groups is 2. The summed E-state index contributed by atoms with van der Waals surface area (Å²) in [5.41, 5.74) is 1.92. The van der Waals surface area contributed by atoms with E-state index in [0.29, 0.717) is 25.7 Å². The fraction of sp³-hybridized carbons (Fsp3) is 0.600. The number of aryl methyl sites for hydroxylation is 1. The van der Waals surface area contributed by atoms with Crippen molar-refractivity contribution in [1.82, 2.24) is 14.7 Å². The van der Waals surface area contributed by atoms with Crippen LogP contribution in [-0.4, -0.2) is 71.9 Å². The molecule has 3 amide bonds. The molecule has 3 rings (SSSR count). The number of anilines is 1. The minimum atomic E-state index is -0.0878. The minimum absolute atomic E-state index is 0.0878. The number of hydrogen-bond acceptors (Lipinski definition) is 3. The summed E-state index contributed by atoms with van der Waals surface area (Å²) in [6, 6.07) is 6.14. The molecular formula is C20H29BrN4O2. The summed E-state index contributed by atoms with van der Waals surface area (Å²) in [7, 11) is 0. The van der Waals surface area contributed by atoms with Crippen molar-refractivity contribution < 1.29 is 9.59 Å². The van der Waals surface area contributed by atoms with Gasteiger partial charge in [-0.05, 0) is 66.7 Å². The van der Waals surface area contributed by atoms with E-state index in [2.05, 4.69) is 33.1 Å². The van der Waals surface area contributed by atoms with E-state index < -0.39 is 0 Å². The molecule has 2 saturated heterocycles. The number of benzene rings is 1. The Morgan fingerprint density at radius 2 is 1.89 bits per heavy atom. The molecule has 2 heterocycles. The fourth-order valence-corrected chi connectivity index (χ4v) is 4.37. The Bertz CT molecular complexity index is 689. The molecule has 0 radical (unpaired) electrons. The van der Waals surface area contributed by atoms with E-state index in [4.69, 9.17) is 0 Å². The highest BCUT2D eigenvalue weighted by Gasteiger charge is 2.27. The Labute approximate surface area is 170 Å². The van der Waals surface area contributed by atoms with Gasteiger partial charge in [0.05, 0.1) is 12.2 Å². The second-order valence-corrected chi connectivity index (χ2v) is 8.46. The SMILES string of the molecule is Cc1ccc(NC(=O)N2CCN(CC(=O)N3CCCCC3C)CC2)c(Br)c1. The van der Waals surface area contributed by atoms with Crippen LogP contribution in [0.2, 0.25) is 0 Å². The number of urea groups is 1. The zero-order chi connectivity index (χ0) is 19.4. The predicted octanol–water partition coefficient (Wildman–Crippen LogP) is 3.31. The molecule has 2 aliphatic rings. The van der Waals surface area contributed by atoms with Gasteiger partial charge in [-0.2, -0.15) is 0 Å². The Morgan fingerprint density at radius 1 is 1.15 bits per heavy atom. The van der Waals surface area contributed by atoms with Crippen molar-refractivity contribution in [1.29, 1.82) is 0 Å². The second kappa shape index (κ2) is 9.06. The maximum atomic E-state index is 12.6. The first-order valence-electron chi connectivity index (χ1n) is 9.78. The lowest BCUT2D eigenvalue weighted by molar-refractivity contribution is -0.136. The summed E-state index contributed by atoms with van der Waals surface area (Å²) < 4.78 is 0.885. The molecule has 0 aliphatic carbocycles. The molecule has 2 aliphatic heterocycles. The van der Waals surface area contributed by atoms with Crippen molar-refractivity contribution in [2.24, 2.45) is 0 Å². The number of carbonyl (C=O) groups excluding carboxylic acids is 2. The molecule has 1 N–H and O–H groups in total. The highest BCUT2D eigenvalue weighted by molar-refractivity contribution is 9.10. The summed E-state index contributed by atoms with van der Waals surface area (Å²) >= 11 is 3.50. The molecule has 1 aromatic carbocycles. The van der Waals surface area contributed by atoms with Crippen molar-refractivity contribution in [3.05, 3.63) is 28.2 Å². The van der Waals surface area contributed by atoms with Crippen LogP contribution in [-0.2, 0) is 4.79 Å². The molecule has 0 bridgehead atoms. The molecule has 1 unspecified atom stereocenters. The summed E-state index contributed by atoms with van der Waals surface area (Å²) in [5.74, 6) is 0.226. The molecule has 2 fully saturated rings. The molecule has 1 atom stereocenters. The fourth-order valence-electron chi connectivity index (χ4n) is 3.78. The predicted molar refractivity (Wildman–Crippen MR) is 111 cm³/mol. The van der Waals surface area contributed by atoms with Gasteiger partial charge in [0.15, 0.2) is 0 Å². The second-order valence-electron chi connectivity index (χ2n) is 7.61. The largest absolute Gasteiger partial charge is 0.339 e. The van der Waals surface area contributed by atoms with E-state index in [-0.39, 0.29) is 11.9 Å². The number of halogens is 1. The number of piperidine rings is 1. The van der Waals surface area contributed by atoms with Gasteiger partial charge in [0.2, 0.25) is 5.91 Å². The molecular weight excluding hydrogens is 408 g/mol. The van der Waals surface area contributed by atoms with Gasteiger partial charge in [0.25, 0.3) is 0 Å². The molecule has 7 heteroatoms. The topological polar surface area (TPSA) is 55.9 Å². The Kier molecular flexibility index (Phi) is 6.76. The van der Waals surface area contributed by atoms with E-state index >= 15 is 0 Å². The number of hydrogen-bond donors (Lipinski definition) is 1. The normalized spacial score (nSPS) is 21.2. The number of likely N-dealkylation sites (tertiary alicyclic amines) is 1.